The fourth-order valence-electron chi connectivity index (χ4n) is 0.977. The van der Waals surface area contributed by atoms with Crippen LogP contribution in [-0.4, -0.2) is 12.9 Å². The Bertz CT molecular complexity index is 366. The molecule has 0 spiro atoms. The van der Waals surface area contributed by atoms with Crippen molar-refractivity contribution in [3.8, 4) is 18.1 Å². The molecule has 0 aliphatic heterocycles. The van der Waals surface area contributed by atoms with Crippen LogP contribution < -0.4 is 4.74 Å². The summed E-state index contributed by atoms with van der Waals surface area (Å²) in [7, 11) is 0. The Labute approximate surface area is 81.7 Å². The fourth-order valence-corrected chi connectivity index (χ4v) is 0.977. The van der Waals surface area contributed by atoms with Gasteiger partial charge < -0.3 is 4.74 Å². The fraction of sp³-hybridized carbons (Fsp3) is 0.182. The number of aldehydes is 1. The molecule has 0 amide bonds. The molecule has 0 unspecified atom stereocenters. The summed E-state index contributed by atoms with van der Waals surface area (Å²) < 4.78 is 18.1. The molecule has 0 radical (unpaired) electrons. The third-order valence-corrected chi connectivity index (χ3v) is 1.63. The highest BCUT2D eigenvalue weighted by Gasteiger charge is 2.07. The van der Waals surface area contributed by atoms with Gasteiger partial charge in [-0.25, -0.2) is 4.39 Å². The Morgan fingerprint density at radius 2 is 2.36 bits per heavy atom. The SMILES string of the molecule is C#CCCOc1cccc(F)c1C=O. The van der Waals surface area contributed by atoms with Crippen LogP contribution in [0.1, 0.15) is 16.8 Å². The summed E-state index contributed by atoms with van der Waals surface area (Å²) in [5, 5.41) is 0. The van der Waals surface area contributed by atoms with Gasteiger partial charge in [-0.05, 0) is 12.1 Å². The molecular formula is C11H9FO2. The minimum Gasteiger partial charge on any atom is -0.492 e. The van der Waals surface area contributed by atoms with E-state index in [4.69, 9.17) is 11.2 Å². The highest BCUT2D eigenvalue weighted by molar-refractivity contribution is 5.79. The third kappa shape index (κ3) is 2.33. The van der Waals surface area contributed by atoms with Gasteiger partial charge in [0.2, 0.25) is 0 Å². The zero-order valence-corrected chi connectivity index (χ0v) is 7.50. The average molecular weight is 192 g/mol. The second-order valence-electron chi connectivity index (χ2n) is 2.57. The van der Waals surface area contributed by atoms with Gasteiger partial charge in [0.15, 0.2) is 6.29 Å². The second-order valence-corrected chi connectivity index (χ2v) is 2.57. The van der Waals surface area contributed by atoms with E-state index in [2.05, 4.69) is 5.92 Å². The molecule has 0 heterocycles. The van der Waals surface area contributed by atoms with Gasteiger partial charge in [0, 0.05) is 6.42 Å². The van der Waals surface area contributed by atoms with Gasteiger partial charge in [-0.2, -0.15) is 0 Å². The van der Waals surface area contributed by atoms with Crippen molar-refractivity contribution >= 4 is 6.29 Å². The maximum Gasteiger partial charge on any atom is 0.156 e. The molecule has 1 rings (SSSR count). The van der Waals surface area contributed by atoms with Crippen LogP contribution in [0.2, 0.25) is 0 Å². The zero-order chi connectivity index (χ0) is 10.4. The van der Waals surface area contributed by atoms with E-state index in [0.29, 0.717) is 12.7 Å². The van der Waals surface area contributed by atoms with Crippen LogP contribution in [0.4, 0.5) is 4.39 Å². The monoisotopic (exact) mass is 192 g/mol. The van der Waals surface area contributed by atoms with Gasteiger partial charge in [0.1, 0.15) is 11.6 Å². The maximum absolute atomic E-state index is 13.0. The Morgan fingerprint density at radius 3 is 3.00 bits per heavy atom. The summed E-state index contributed by atoms with van der Waals surface area (Å²) in [5.74, 6) is 2.03. The minimum absolute atomic E-state index is 0.0653. The average Bonchev–Trinajstić information content (AvgIpc) is 2.18. The lowest BCUT2D eigenvalue weighted by molar-refractivity contribution is 0.111. The predicted molar refractivity (Wildman–Crippen MR) is 50.7 cm³/mol. The van der Waals surface area contributed by atoms with Gasteiger partial charge in [0.25, 0.3) is 0 Å². The summed E-state index contributed by atoms with van der Waals surface area (Å²) in [4.78, 5) is 10.5. The van der Waals surface area contributed by atoms with Crippen molar-refractivity contribution in [2.24, 2.45) is 0 Å². The normalized spacial score (nSPS) is 9.14. The van der Waals surface area contributed by atoms with Crippen LogP contribution in [0, 0.1) is 18.2 Å². The standard InChI is InChI=1S/C11H9FO2/c1-2-3-7-14-11-6-4-5-10(12)9(11)8-13/h1,4-6,8H,3,7H2. The lowest BCUT2D eigenvalue weighted by Gasteiger charge is -2.06. The van der Waals surface area contributed by atoms with Gasteiger partial charge in [-0.15, -0.1) is 12.3 Å². The van der Waals surface area contributed by atoms with Gasteiger partial charge in [0.05, 0.1) is 12.2 Å². The molecule has 0 aliphatic carbocycles. The number of halogens is 1. The van der Waals surface area contributed by atoms with Crippen LogP contribution in [0.15, 0.2) is 18.2 Å². The number of carbonyl (C=O) groups is 1. The van der Waals surface area contributed by atoms with E-state index in [1.807, 2.05) is 0 Å². The van der Waals surface area contributed by atoms with E-state index < -0.39 is 5.82 Å². The summed E-state index contributed by atoms with van der Waals surface area (Å²) >= 11 is 0. The first kappa shape index (κ1) is 10.3. The number of terminal acetylenes is 1. The number of hydrogen-bond acceptors (Lipinski definition) is 2. The van der Waals surface area contributed by atoms with Gasteiger partial charge in [-0.3, -0.25) is 4.79 Å². The topological polar surface area (TPSA) is 26.3 Å². The molecule has 0 fully saturated rings. The van der Waals surface area contributed by atoms with Crippen molar-refractivity contribution in [1.82, 2.24) is 0 Å². The zero-order valence-electron chi connectivity index (χ0n) is 7.50. The summed E-state index contributed by atoms with van der Waals surface area (Å²) in [6, 6.07) is 4.22. The maximum atomic E-state index is 13.0. The smallest absolute Gasteiger partial charge is 0.156 e. The van der Waals surface area contributed by atoms with E-state index in [1.165, 1.54) is 18.2 Å². The highest BCUT2D eigenvalue weighted by Crippen LogP contribution is 2.19. The van der Waals surface area contributed by atoms with Crippen molar-refractivity contribution in [1.29, 1.82) is 0 Å². The summed E-state index contributed by atoms with van der Waals surface area (Å²) in [6.07, 6.45) is 5.88. The molecule has 14 heavy (non-hydrogen) atoms. The molecule has 0 aromatic heterocycles. The Balaban J connectivity index is 2.81. The van der Waals surface area contributed by atoms with E-state index >= 15 is 0 Å². The van der Waals surface area contributed by atoms with E-state index in [-0.39, 0.29) is 17.9 Å². The third-order valence-electron chi connectivity index (χ3n) is 1.63. The molecule has 3 heteroatoms. The Kier molecular flexibility index (Phi) is 3.69. The van der Waals surface area contributed by atoms with E-state index in [0.717, 1.165) is 0 Å². The van der Waals surface area contributed by atoms with Gasteiger partial charge >= 0.3 is 0 Å². The van der Waals surface area contributed by atoms with Crippen LogP contribution in [-0.2, 0) is 0 Å². The van der Waals surface area contributed by atoms with E-state index in [1.54, 1.807) is 0 Å². The molecule has 0 aliphatic rings. The van der Waals surface area contributed by atoms with Crippen LogP contribution in [0.5, 0.6) is 5.75 Å². The van der Waals surface area contributed by atoms with Crippen molar-refractivity contribution in [2.75, 3.05) is 6.61 Å². The van der Waals surface area contributed by atoms with Crippen molar-refractivity contribution in [3.63, 3.8) is 0 Å². The summed E-state index contributed by atoms with van der Waals surface area (Å²) in [5.41, 5.74) is -0.0653. The number of benzene rings is 1. The number of hydrogen-bond donors (Lipinski definition) is 0. The second kappa shape index (κ2) is 5.03. The van der Waals surface area contributed by atoms with Crippen molar-refractivity contribution < 1.29 is 13.9 Å². The molecular weight excluding hydrogens is 183 g/mol. The summed E-state index contributed by atoms with van der Waals surface area (Å²) in [6.45, 7) is 0.279. The highest BCUT2D eigenvalue weighted by atomic mass is 19.1. The first-order valence-corrected chi connectivity index (χ1v) is 4.09. The molecule has 0 atom stereocenters. The predicted octanol–water partition coefficient (Wildman–Crippen LogP) is 2.04. The van der Waals surface area contributed by atoms with Crippen LogP contribution in [0.25, 0.3) is 0 Å². The Morgan fingerprint density at radius 1 is 1.57 bits per heavy atom. The molecule has 0 N–H and O–H groups in total. The first-order valence-electron chi connectivity index (χ1n) is 4.09. The Hall–Kier alpha value is -1.82. The molecule has 0 bridgehead atoms. The van der Waals surface area contributed by atoms with Crippen molar-refractivity contribution in [3.05, 3.63) is 29.6 Å². The van der Waals surface area contributed by atoms with Gasteiger partial charge in [-0.1, -0.05) is 6.07 Å². The number of carbonyl (C=O) groups excluding carboxylic acids is 1. The largest absolute Gasteiger partial charge is 0.492 e. The van der Waals surface area contributed by atoms with Crippen molar-refractivity contribution in [2.45, 2.75) is 6.42 Å². The molecule has 72 valence electrons. The van der Waals surface area contributed by atoms with Crippen LogP contribution in [0.3, 0.4) is 0 Å². The molecule has 1 aromatic rings. The number of ether oxygens (including phenoxy) is 1. The van der Waals surface area contributed by atoms with Crippen LogP contribution >= 0.6 is 0 Å². The lowest BCUT2D eigenvalue weighted by Crippen LogP contribution is -2.00. The molecule has 1 aromatic carbocycles. The first-order chi connectivity index (χ1) is 6.79. The quantitative estimate of drug-likeness (QED) is 0.414. The number of rotatable bonds is 4. The minimum atomic E-state index is -0.585. The van der Waals surface area contributed by atoms with E-state index in [9.17, 15) is 9.18 Å². The molecule has 2 nitrogen and oxygen atoms in total. The molecule has 0 saturated carbocycles. The lowest BCUT2D eigenvalue weighted by atomic mass is 10.2. The molecule has 0 saturated heterocycles.